The van der Waals surface area contributed by atoms with Crippen molar-refractivity contribution >= 4 is 33.9 Å². The lowest BCUT2D eigenvalue weighted by Crippen LogP contribution is -2.10. The topological polar surface area (TPSA) is 3.24 Å². The summed E-state index contributed by atoms with van der Waals surface area (Å²) in [6.07, 6.45) is 1.92. The van der Waals surface area contributed by atoms with E-state index in [-0.39, 0.29) is 0 Å². The van der Waals surface area contributed by atoms with E-state index < -0.39 is 0 Å². The molecule has 0 radical (unpaired) electrons. The van der Waals surface area contributed by atoms with Gasteiger partial charge in [-0.1, -0.05) is 79.4 Å². The Labute approximate surface area is 148 Å². The van der Waals surface area contributed by atoms with Crippen LogP contribution in [0.4, 0.5) is 17.1 Å². The van der Waals surface area contributed by atoms with Crippen LogP contribution in [0.5, 0.6) is 0 Å². The summed E-state index contributed by atoms with van der Waals surface area (Å²) < 4.78 is 0. The molecule has 1 heteroatoms. The maximum atomic E-state index is 3.96. The SMILES string of the molecule is C=Cc1ccc(N(c2ccccc2)c2ccccc2)c2ccccc12. The molecule has 0 N–H and O–H groups in total. The van der Waals surface area contributed by atoms with Crippen LogP contribution in [-0.4, -0.2) is 0 Å². The Hall–Kier alpha value is -3.32. The lowest BCUT2D eigenvalue weighted by molar-refractivity contribution is 1.30. The molecular formula is C24H19N. The molecular weight excluding hydrogens is 302 g/mol. The van der Waals surface area contributed by atoms with Crippen LogP contribution < -0.4 is 4.90 Å². The average molecular weight is 321 g/mol. The van der Waals surface area contributed by atoms with Crippen molar-refractivity contribution in [3.05, 3.63) is 109 Å². The largest absolute Gasteiger partial charge is 0.310 e. The Balaban J connectivity index is 2.01. The first-order valence-corrected chi connectivity index (χ1v) is 8.43. The Bertz CT molecular complexity index is 964. The lowest BCUT2D eigenvalue weighted by atomic mass is 10.0. The summed E-state index contributed by atoms with van der Waals surface area (Å²) in [7, 11) is 0. The fourth-order valence-corrected chi connectivity index (χ4v) is 3.26. The molecule has 0 aliphatic carbocycles. The number of fused-ring (bicyclic) bond motifs is 1. The van der Waals surface area contributed by atoms with Gasteiger partial charge < -0.3 is 4.90 Å². The average Bonchev–Trinajstić information content (AvgIpc) is 2.70. The van der Waals surface area contributed by atoms with Crippen molar-refractivity contribution in [2.24, 2.45) is 0 Å². The number of hydrogen-bond acceptors (Lipinski definition) is 1. The molecule has 0 spiro atoms. The highest BCUT2D eigenvalue weighted by Crippen LogP contribution is 2.39. The van der Waals surface area contributed by atoms with Crippen LogP contribution in [0.25, 0.3) is 16.8 Å². The van der Waals surface area contributed by atoms with Crippen LogP contribution in [0.3, 0.4) is 0 Å². The summed E-state index contributed by atoms with van der Waals surface area (Å²) in [6.45, 7) is 3.96. The molecule has 0 aliphatic rings. The number of nitrogens with zero attached hydrogens (tertiary/aromatic N) is 1. The number of rotatable bonds is 4. The Kier molecular flexibility index (Phi) is 4.05. The maximum absolute atomic E-state index is 3.96. The maximum Gasteiger partial charge on any atom is 0.0540 e. The van der Waals surface area contributed by atoms with Gasteiger partial charge in [0.1, 0.15) is 0 Å². The van der Waals surface area contributed by atoms with Gasteiger partial charge in [-0.2, -0.15) is 0 Å². The Morgan fingerprint density at radius 1 is 0.560 bits per heavy atom. The van der Waals surface area contributed by atoms with Crippen LogP contribution in [-0.2, 0) is 0 Å². The van der Waals surface area contributed by atoms with Crippen LogP contribution in [0.15, 0.2) is 104 Å². The summed E-state index contributed by atoms with van der Waals surface area (Å²) in [5.74, 6) is 0. The molecule has 0 aromatic heterocycles. The van der Waals surface area contributed by atoms with Crippen molar-refractivity contribution in [2.75, 3.05) is 4.90 Å². The van der Waals surface area contributed by atoms with Crippen LogP contribution in [0.1, 0.15) is 5.56 Å². The van der Waals surface area contributed by atoms with Crippen molar-refractivity contribution in [1.82, 2.24) is 0 Å². The second-order valence-electron chi connectivity index (χ2n) is 5.93. The van der Waals surface area contributed by atoms with E-state index >= 15 is 0 Å². The Morgan fingerprint density at radius 3 is 1.64 bits per heavy atom. The minimum Gasteiger partial charge on any atom is -0.310 e. The quantitative estimate of drug-likeness (QED) is 0.393. The zero-order chi connectivity index (χ0) is 17.1. The van der Waals surface area contributed by atoms with E-state index in [1.54, 1.807) is 0 Å². The normalized spacial score (nSPS) is 10.6. The smallest absolute Gasteiger partial charge is 0.0540 e. The molecule has 0 atom stereocenters. The monoisotopic (exact) mass is 321 g/mol. The molecule has 0 heterocycles. The highest BCUT2D eigenvalue weighted by Gasteiger charge is 2.15. The second kappa shape index (κ2) is 6.66. The van der Waals surface area contributed by atoms with E-state index in [1.165, 1.54) is 16.5 Å². The van der Waals surface area contributed by atoms with Gasteiger partial charge in [-0.15, -0.1) is 0 Å². The molecule has 0 amide bonds. The summed E-state index contributed by atoms with van der Waals surface area (Å²) in [6, 6.07) is 33.8. The van der Waals surface area contributed by atoms with Gasteiger partial charge in [0.05, 0.1) is 5.69 Å². The zero-order valence-electron chi connectivity index (χ0n) is 14.0. The van der Waals surface area contributed by atoms with E-state index in [2.05, 4.69) is 96.4 Å². The molecule has 0 unspecified atom stereocenters. The lowest BCUT2D eigenvalue weighted by Gasteiger charge is -2.27. The van der Waals surface area contributed by atoms with Crippen LogP contribution in [0, 0.1) is 0 Å². The summed E-state index contributed by atoms with van der Waals surface area (Å²) in [4.78, 5) is 2.30. The van der Waals surface area contributed by atoms with Crippen molar-refractivity contribution in [3.63, 3.8) is 0 Å². The summed E-state index contributed by atoms with van der Waals surface area (Å²) in [5.41, 5.74) is 4.61. The third kappa shape index (κ3) is 2.81. The molecule has 0 saturated heterocycles. The van der Waals surface area contributed by atoms with Gasteiger partial charge in [-0.25, -0.2) is 0 Å². The van der Waals surface area contributed by atoms with E-state index in [1.807, 2.05) is 18.2 Å². The minimum absolute atomic E-state index is 1.14. The van der Waals surface area contributed by atoms with Gasteiger partial charge in [-0.05, 0) is 41.3 Å². The number of benzene rings is 4. The van der Waals surface area contributed by atoms with E-state index in [9.17, 15) is 0 Å². The van der Waals surface area contributed by atoms with Crippen molar-refractivity contribution in [2.45, 2.75) is 0 Å². The summed E-state index contributed by atoms with van der Waals surface area (Å²) in [5, 5.41) is 2.43. The molecule has 0 saturated carbocycles. The number of anilines is 3. The predicted octanol–water partition coefficient (Wildman–Crippen LogP) is 6.95. The minimum atomic E-state index is 1.14. The number of para-hydroxylation sites is 2. The van der Waals surface area contributed by atoms with Crippen molar-refractivity contribution < 1.29 is 0 Å². The molecule has 0 aliphatic heterocycles. The third-order valence-electron chi connectivity index (χ3n) is 4.42. The van der Waals surface area contributed by atoms with Gasteiger partial charge in [-0.3, -0.25) is 0 Å². The van der Waals surface area contributed by atoms with Crippen molar-refractivity contribution in [3.8, 4) is 0 Å². The molecule has 4 aromatic rings. The van der Waals surface area contributed by atoms with Gasteiger partial charge in [0.15, 0.2) is 0 Å². The first-order chi connectivity index (χ1) is 12.4. The first-order valence-electron chi connectivity index (χ1n) is 8.43. The van der Waals surface area contributed by atoms with Crippen LogP contribution in [0.2, 0.25) is 0 Å². The van der Waals surface area contributed by atoms with Gasteiger partial charge in [0.25, 0.3) is 0 Å². The zero-order valence-corrected chi connectivity index (χ0v) is 14.0. The third-order valence-corrected chi connectivity index (χ3v) is 4.42. The molecule has 120 valence electrons. The predicted molar refractivity (Wildman–Crippen MR) is 109 cm³/mol. The van der Waals surface area contributed by atoms with E-state index in [0.29, 0.717) is 0 Å². The fourth-order valence-electron chi connectivity index (χ4n) is 3.26. The number of hydrogen-bond donors (Lipinski definition) is 0. The van der Waals surface area contributed by atoms with Gasteiger partial charge >= 0.3 is 0 Å². The van der Waals surface area contributed by atoms with Gasteiger partial charge in [0.2, 0.25) is 0 Å². The fraction of sp³-hybridized carbons (Fsp3) is 0. The highest BCUT2D eigenvalue weighted by molar-refractivity contribution is 6.02. The van der Waals surface area contributed by atoms with E-state index in [0.717, 1.165) is 16.9 Å². The highest BCUT2D eigenvalue weighted by atomic mass is 15.1. The second-order valence-corrected chi connectivity index (χ2v) is 5.93. The van der Waals surface area contributed by atoms with Crippen molar-refractivity contribution in [1.29, 1.82) is 0 Å². The van der Waals surface area contributed by atoms with Crippen LogP contribution >= 0.6 is 0 Å². The molecule has 4 aromatic carbocycles. The summed E-state index contributed by atoms with van der Waals surface area (Å²) >= 11 is 0. The van der Waals surface area contributed by atoms with Gasteiger partial charge in [0, 0.05) is 16.8 Å². The molecule has 25 heavy (non-hydrogen) atoms. The molecule has 1 nitrogen and oxygen atoms in total. The molecule has 0 bridgehead atoms. The molecule has 4 rings (SSSR count). The van der Waals surface area contributed by atoms with E-state index in [4.69, 9.17) is 0 Å². The Morgan fingerprint density at radius 2 is 1.08 bits per heavy atom. The standard InChI is InChI=1S/C24H19N/c1-2-19-17-18-24(23-16-10-9-15-22(19)23)25(20-11-5-3-6-12-20)21-13-7-4-8-14-21/h2-18H,1H2. The molecule has 0 fully saturated rings. The first kappa shape index (κ1) is 15.2.